The van der Waals surface area contributed by atoms with Crippen LogP contribution in [0.4, 0.5) is 5.69 Å². The van der Waals surface area contributed by atoms with E-state index in [0.717, 1.165) is 12.8 Å². The monoisotopic (exact) mass is 476 g/mol. The van der Waals surface area contributed by atoms with E-state index in [1.807, 2.05) is 13.0 Å². The van der Waals surface area contributed by atoms with Gasteiger partial charge in [-0.15, -0.1) is 0 Å². The number of aryl methyl sites for hydroxylation is 1. The van der Waals surface area contributed by atoms with Crippen molar-refractivity contribution >= 4 is 28.3 Å². The molecule has 0 aliphatic carbocycles. The number of likely N-dealkylation sites (tertiary alicyclic amines) is 1. The molecule has 3 heterocycles. The highest BCUT2D eigenvalue weighted by molar-refractivity contribution is 6.05. The van der Waals surface area contributed by atoms with Crippen LogP contribution in [0.2, 0.25) is 0 Å². The van der Waals surface area contributed by atoms with Crippen molar-refractivity contribution in [1.29, 1.82) is 0 Å². The quantitative estimate of drug-likeness (QED) is 0.585. The van der Waals surface area contributed by atoms with Gasteiger partial charge in [0.25, 0.3) is 11.5 Å². The Labute approximate surface area is 202 Å². The molecule has 1 N–H and O–H groups in total. The number of ether oxygens (including phenoxy) is 2. The van der Waals surface area contributed by atoms with Crippen LogP contribution < -0.4 is 20.3 Å². The Kier molecular flexibility index (Phi) is 6.39. The SMILES string of the molecule is CCCCn1nc(C(=O)N2CCC(C(=O)Nc3ccc4c(c3)OCO4)CC2)c2ccccc2c1=O. The summed E-state index contributed by atoms with van der Waals surface area (Å²) < 4.78 is 12.1. The maximum Gasteiger partial charge on any atom is 0.274 e. The number of carbonyl (C=O) groups is 2. The minimum Gasteiger partial charge on any atom is -0.454 e. The standard InChI is InChI=1S/C26H28N4O5/c1-2-3-12-30-25(32)20-7-5-4-6-19(20)23(28-30)26(33)29-13-10-17(11-14-29)24(31)27-18-8-9-21-22(15-18)35-16-34-21/h4-9,15,17H,2-3,10-14,16H2,1H3,(H,27,31). The topological polar surface area (TPSA) is 103 Å². The molecule has 1 fully saturated rings. The third kappa shape index (κ3) is 4.58. The molecule has 5 rings (SSSR count). The molecule has 0 unspecified atom stereocenters. The van der Waals surface area contributed by atoms with E-state index in [9.17, 15) is 14.4 Å². The zero-order valence-corrected chi connectivity index (χ0v) is 19.7. The first kappa shape index (κ1) is 22.9. The van der Waals surface area contributed by atoms with E-state index in [4.69, 9.17) is 9.47 Å². The summed E-state index contributed by atoms with van der Waals surface area (Å²) in [4.78, 5) is 40.8. The molecular weight excluding hydrogens is 448 g/mol. The van der Waals surface area contributed by atoms with E-state index in [2.05, 4.69) is 10.4 Å². The molecular formula is C26H28N4O5. The third-order valence-electron chi connectivity index (χ3n) is 6.59. The lowest BCUT2D eigenvalue weighted by Crippen LogP contribution is -2.42. The molecule has 0 atom stereocenters. The number of unbranched alkanes of at least 4 members (excludes halogenated alkanes) is 1. The van der Waals surface area contributed by atoms with E-state index in [1.54, 1.807) is 41.3 Å². The summed E-state index contributed by atoms with van der Waals surface area (Å²) >= 11 is 0. The predicted octanol–water partition coefficient (Wildman–Crippen LogP) is 3.42. The number of aromatic nitrogens is 2. The molecule has 2 aliphatic heterocycles. The molecule has 0 saturated carbocycles. The minimum atomic E-state index is -0.207. The molecule has 9 heteroatoms. The average molecular weight is 477 g/mol. The van der Waals surface area contributed by atoms with E-state index in [0.29, 0.717) is 66.1 Å². The molecule has 2 aliphatic rings. The molecule has 35 heavy (non-hydrogen) atoms. The van der Waals surface area contributed by atoms with Crippen molar-refractivity contribution in [3.8, 4) is 11.5 Å². The molecule has 3 aromatic rings. The van der Waals surface area contributed by atoms with E-state index >= 15 is 0 Å². The van der Waals surface area contributed by atoms with Crippen LogP contribution in [0.15, 0.2) is 47.3 Å². The highest BCUT2D eigenvalue weighted by Gasteiger charge is 2.30. The van der Waals surface area contributed by atoms with Gasteiger partial charge in [-0.2, -0.15) is 5.10 Å². The molecule has 182 valence electrons. The van der Waals surface area contributed by atoms with Crippen LogP contribution in [0.5, 0.6) is 11.5 Å². The lowest BCUT2D eigenvalue weighted by molar-refractivity contribution is -0.121. The number of nitrogens with one attached hydrogen (secondary N) is 1. The molecule has 1 aromatic heterocycles. The number of hydrogen-bond donors (Lipinski definition) is 1. The summed E-state index contributed by atoms with van der Waals surface area (Å²) in [5.74, 6) is 0.793. The van der Waals surface area contributed by atoms with Crippen LogP contribution >= 0.6 is 0 Å². The minimum absolute atomic E-state index is 0.0762. The summed E-state index contributed by atoms with van der Waals surface area (Å²) in [5.41, 5.74) is 0.770. The number of anilines is 1. The van der Waals surface area contributed by atoms with Gasteiger partial charge in [0.2, 0.25) is 12.7 Å². The van der Waals surface area contributed by atoms with Gasteiger partial charge < -0.3 is 19.7 Å². The van der Waals surface area contributed by atoms with Crippen molar-refractivity contribution in [1.82, 2.24) is 14.7 Å². The molecule has 2 aromatic carbocycles. The Bertz CT molecular complexity index is 1330. The van der Waals surface area contributed by atoms with Crippen LogP contribution in [0.25, 0.3) is 10.8 Å². The fourth-order valence-corrected chi connectivity index (χ4v) is 4.57. The number of rotatable bonds is 6. The second-order valence-electron chi connectivity index (χ2n) is 8.90. The van der Waals surface area contributed by atoms with Gasteiger partial charge in [0.1, 0.15) is 0 Å². The molecule has 0 bridgehead atoms. The Hall–Kier alpha value is -3.88. The number of hydrogen-bond acceptors (Lipinski definition) is 6. The van der Waals surface area contributed by atoms with Crippen molar-refractivity contribution < 1.29 is 19.1 Å². The number of piperidine rings is 1. The molecule has 1 saturated heterocycles. The van der Waals surface area contributed by atoms with Gasteiger partial charge in [0.05, 0.1) is 5.39 Å². The van der Waals surface area contributed by atoms with E-state index in [1.165, 1.54) is 4.68 Å². The fourth-order valence-electron chi connectivity index (χ4n) is 4.57. The summed E-state index contributed by atoms with van der Waals surface area (Å²) in [6.45, 7) is 3.59. The maximum absolute atomic E-state index is 13.4. The van der Waals surface area contributed by atoms with Crippen molar-refractivity contribution in [2.24, 2.45) is 5.92 Å². The number of benzene rings is 2. The average Bonchev–Trinajstić information content (AvgIpc) is 3.36. The lowest BCUT2D eigenvalue weighted by Gasteiger charge is -2.31. The summed E-state index contributed by atoms with van der Waals surface area (Å²) in [6, 6.07) is 12.4. The molecule has 2 amide bonds. The van der Waals surface area contributed by atoms with E-state index in [-0.39, 0.29) is 30.1 Å². The smallest absolute Gasteiger partial charge is 0.274 e. The number of nitrogens with zero attached hydrogens (tertiary/aromatic N) is 3. The van der Waals surface area contributed by atoms with Crippen LogP contribution in [-0.4, -0.2) is 46.4 Å². The van der Waals surface area contributed by atoms with Crippen molar-refractivity contribution in [3.63, 3.8) is 0 Å². The van der Waals surface area contributed by atoms with Gasteiger partial charge in [0.15, 0.2) is 17.2 Å². The van der Waals surface area contributed by atoms with Gasteiger partial charge in [-0.3, -0.25) is 14.4 Å². The zero-order valence-electron chi connectivity index (χ0n) is 19.7. The maximum atomic E-state index is 13.4. The van der Waals surface area contributed by atoms with Crippen LogP contribution in [0, 0.1) is 5.92 Å². The largest absolute Gasteiger partial charge is 0.454 e. The van der Waals surface area contributed by atoms with Crippen molar-refractivity contribution in [2.75, 3.05) is 25.2 Å². The van der Waals surface area contributed by atoms with Gasteiger partial charge in [-0.1, -0.05) is 31.5 Å². The molecule has 0 spiro atoms. The van der Waals surface area contributed by atoms with Gasteiger partial charge in [-0.25, -0.2) is 4.68 Å². The molecule has 0 radical (unpaired) electrons. The first-order valence-corrected chi connectivity index (χ1v) is 12.0. The highest BCUT2D eigenvalue weighted by Crippen LogP contribution is 2.34. The predicted molar refractivity (Wildman–Crippen MR) is 131 cm³/mol. The second-order valence-corrected chi connectivity index (χ2v) is 8.90. The Morgan fingerprint density at radius 2 is 1.80 bits per heavy atom. The molecule has 9 nitrogen and oxygen atoms in total. The second kappa shape index (κ2) is 9.77. The van der Waals surface area contributed by atoms with Gasteiger partial charge in [-0.05, 0) is 37.5 Å². The van der Waals surface area contributed by atoms with Crippen molar-refractivity contribution in [2.45, 2.75) is 39.2 Å². The van der Waals surface area contributed by atoms with E-state index < -0.39 is 0 Å². The lowest BCUT2D eigenvalue weighted by atomic mass is 9.95. The normalized spacial score (nSPS) is 15.4. The highest BCUT2D eigenvalue weighted by atomic mass is 16.7. The fraction of sp³-hybridized carbons (Fsp3) is 0.385. The summed E-state index contributed by atoms with van der Waals surface area (Å²) in [6.07, 6.45) is 2.83. The van der Waals surface area contributed by atoms with Crippen LogP contribution in [0.3, 0.4) is 0 Å². The first-order valence-electron chi connectivity index (χ1n) is 12.0. The number of amides is 2. The summed E-state index contributed by atoms with van der Waals surface area (Å²) in [7, 11) is 0. The van der Waals surface area contributed by atoms with Crippen molar-refractivity contribution in [3.05, 3.63) is 58.5 Å². The number of fused-ring (bicyclic) bond motifs is 2. The first-order chi connectivity index (χ1) is 17.0. The summed E-state index contributed by atoms with van der Waals surface area (Å²) in [5, 5.41) is 8.48. The Morgan fingerprint density at radius 1 is 1.06 bits per heavy atom. The van der Waals surface area contributed by atoms with Crippen LogP contribution in [-0.2, 0) is 11.3 Å². The zero-order chi connectivity index (χ0) is 24.4. The Morgan fingerprint density at radius 3 is 2.57 bits per heavy atom. The van der Waals surface area contributed by atoms with Gasteiger partial charge >= 0.3 is 0 Å². The third-order valence-corrected chi connectivity index (χ3v) is 6.59. The Balaban J connectivity index is 1.28. The van der Waals surface area contributed by atoms with Gasteiger partial charge in [0, 0.05) is 42.7 Å². The number of carbonyl (C=O) groups excluding carboxylic acids is 2. The van der Waals surface area contributed by atoms with Crippen LogP contribution in [0.1, 0.15) is 43.1 Å².